The lowest BCUT2D eigenvalue weighted by molar-refractivity contribution is -0.137. The molecule has 3 fully saturated rings. The second kappa shape index (κ2) is 21.1. The molecule has 3 saturated heterocycles. The van der Waals surface area contributed by atoms with Crippen LogP contribution in [0.3, 0.4) is 0 Å². The minimum atomic E-state index is -0.316. The topological polar surface area (TPSA) is 149 Å². The van der Waals surface area contributed by atoms with Gasteiger partial charge in [-0.15, -0.1) is 0 Å². The molecule has 0 radical (unpaired) electrons. The molecule has 59 heavy (non-hydrogen) atoms. The predicted octanol–water partition coefficient (Wildman–Crippen LogP) is 6.34. The fraction of sp³-hybridized carbons (Fsp3) is 0.587. The van der Waals surface area contributed by atoms with Gasteiger partial charge in [-0.25, -0.2) is 4.98 Å². The number of hydrogen-bond acceptors (Lipinski definition) is 11. The molecule has 0 spiro atoms. The Kier molecular flexibility index (Phi) is 15.2. The zero-order valence-corrected chi connectivity index (χ0v) is 35.1. The molecule has 318 valence electrons. The van der Waals surface area contributed by atoms with E-state index in [0.29, 0.717) is 44.3 Å². The van der Waals surface area contributed by atoms with E-state index in [4.69, 9.17) is 10.5 Å². The van der Waals surface area contributed by atoms with Crippen molar-refractivity contribution in [2.45, 2.75) is 129 Å². The molecule has 0 bridgehead atoms. The number of aryl methyl sites for hydroxylation is 1. The first-order valence-corrected chi connectivity index (χ1v) is 22.3. The fourth-order valence-corrected chi connectivity index (χ4v) is 9.32. The summed E-state index contributed by atoms with van der Waals surface area (Å²) in [7, 11) is 0. The number of nitrogen functional groups attached to an aromatic ring is 1. The number of piperidine rings is 2. The molecular weight excluding hydrogens is 743 g/mol. The number of fused-ring (bicyclic) bond motifs is 1. The van der Waals surface area contributed by atoms with Crippen molar-refractivity contribution in [3.63, 3.8) is 0 Å². The summed E-state index contributed by atoms with van der Waals surface area (Å²) in [5.41, 5.74) is 12.7. The summed E-state index contributed by atoms with van der Waals surface area (Å²) < 4.78 is 5.99. The highest BCUT2D eigenvalue weighted by Crippen LogP contribution is 2.33. The zero-order valence-electron chi connectivity index (χ0n) is 35.1. The number of nitrogens with one attached hydrogen (secondary N) is 2. The van der Waals surface area contributed by atoms with Gasteiger partial charge in [0.15, 0.2) is 0 Å². The maximum absolute atomic E-state index is 12.8. The highest BCUT2D eigenvalue weighted by Gasteiger charge is 2.35. The monoisotopic (exact) mass is 808 g/mol. The second-order valence-corrected chi connectivity index (χ2v) is 17.0. The predicted molar refractivity (Wildman–Crippen MR) is 233 cm³/mol. The van der Waals surface area contributed by atoms with E-state index in [1.807, 2.05) is 31.2 Å². The summed E-state index contributed by atoms with van der Waals surface area (Å²) in [6, 6.07) is 17.4. The number of nitrogens with two attached hydrogens (primary N) is 1. The van der Waals surface area contributed by atoms with Crippen molar-refractivity contribution in [2.24, 2.45) is 0 Å². The lowest BCUT2D eigenvalue weighted by Gasteiger charge is -2.39. The Morgan fingerprint density at radius 3 is 2.42 bits per heavy atom. The standard InChI is InChI=1S/C46H65N9O4/c1-34-29-42(50-46(47)48-34)53-25-20-37(21-26-53)54(31-35-13-11-15-38(30-35)52-22-7-8-23-52)24-6-2-3-9-27-59-28-10-4-5-17-43(56)49-40-16-12-14-36-32-55(33-39(36)40)41-18-19-44(57)51-45(41)58/h11-16,29-30,37,41H,2-10,17-28,31-33H2,1H3,(H,49,56)(H2,47,48,50)(H,51,57,58). The summed E-state index contributed by atoms with van der Waals surface area (Å²) in [4.78, 5) is 55.4. The van der Waals surface area contributed by atoms with Crippen molar-refractivity contribution in [3.8, 4) is 0 Å². The first-order chi connectivity index (χ1) is 28.8. The molecule has 2 aromatic carbocycles. The largest absolute Gasteiger partial charge is 0.381 e. The number of hydrogen-bond donors (Lipinski definition) is 3. The minimum Gasteiger partial charge on any atom is -0.381 e. The molecule has 13 nitrogen and oxygen atoms in total. The van der Waals surface area contributed by atoms with E-state index in [-0.39, 0.29) is 23.8 Å². The summed E-state index contributed by atoms with van der Waals surface area (Å²) >= 11 is 0. The molecule has 7 rings (SSSR count). The van der Waals surface area contributed by atoms with E-state index in [1.165, 1.54) is 43.4 Å². The third kappa shape index (κ3) is 12.0. The van der Waals surface area contributed by atoms with Crippen LogP contribution in [0.4, 0.5) is 23.1 Å². The van der Waals surface area contributed by atoms with E-state index in [1.54, 1.807) is 0 Å². The number of rotatable bonds is 20. The molecular formula is C46H65N9O4. The molecule has 4 aliphatic heterocycles. The van der Waals surface area contributed by atoms with Crippen LogP contribution in [0.25, 0.3) is 0 Å². The first-order valence-electron chi connectivity index (χ1n) is 22.3. The Bertz CT molecular complexity index is 1860. The van der Waals surface area contributed by atoms with Crippen LogP contribution in [-0.2, 0) is 38.8 Å². The van der Waals surface area contributed by atoms with Gasteiger partial charge in [-0.2, -0.15) is 4.98 Å². The number of unbranched alkanes of at least 4 members (excludes halogenated alkanes) is 5. The summed E-state index contributed by atoms with van der Waals surface area (Å²) in [6.45, 7) is 11.1. The van der Waals surface area contributed by atoms with Crippen LogP contribution in [0, 0.1) is 6.92 Å². The van der Waals surface area contributed by atoms with Gasteiger partial charge in [0, 0.05) is 101 Å². The van der Waals surface area contributed by atoms with Gasteiger partial charge >= 0.3 is 0 Å². The van der Waals surface area contributed by atoms with Crippen molar-refractivity contribution in [1.29, 1.82) is 0 Å². The van der Waals surface area contributed by atoms with Gasteiger partial charge in [-0.05, 0) is 106 Å². The van der Waals surface area contributed by atoms with Crippen LogP contribution in [0.1, 0.15) is 112 Å². The van der Waals surface area contributed by atoms with Gasteiger partial charge in [0.25, 0.3) is 0 Å². The van der Waals surface area contributed by atoms with Crippen LogP contribution in [0.5, 0.6) is 0 Å². The highest BCUT2D eigenvalue weighted by molar-refractivity contribution is 6.00. The number of aromatic nitrogens is 2. The van der Waals surface area contributed by atoms with Gasteiger partial charge in [0.05, 0.1) is 6.04 Å². The maximum atomic E-state index is 12.8. The van der Waals surface area contributed by atoms with Gasteiger partial charge in [0.1, 0.15) is 5.82 Å². The molecule has 0 saturated carbocycles. The van der Waals surface area contributed by atoms with Crippen LogP contribution in [0.2, 0.25) is 0 Å². The van der Waals surface area contributed by atoms with Crippen LogP contribution in [0.15, 0.2) is 48.5 Å². The summed E-state index contributed by atoms with van der Waals surface area (Å²) in [6.07, 6.45) is 13.5. The average Bonchev–Trinajstić information content (AvgIpc) is 3.93. The first kappa shape index (κ1) is 42.5. The van der Waals surface area contributed by atoms with E-state index in [2.05, 4.69) is 64.5 Å². The molecule has 3 aromatic rings. The molecule has 4 N–H and O–H groups in total. The lowest BCUT2D eigenvalue weighted by Crippen LogP contribution is -2.50. The number of anilines is 4. The number of amides is 3. The number of ether oxygens (including phenoxy) is 1. The lowest BCUT2D eigenvalue weighted by atomic mass is 10.0. The smallest absolute Gasteiger partial charge is 0.243 e. The molecule has 1 aromatic heterocycles. The second-order valence-electron chi connectivity index (χ2n) is 17.0. The number of carbonyl (C=O) groups excluding carboxylic acids is 3. The molecule has 4 aliphatic rings. The van der Waals surface area contributed by atoms with E-state index >= 15 is 0 Å². The molecule has 0 aliphatic carbocycles. The SMILES string of the molecule is Cc1cc(N2CCC(N(CCCCCCOCCCCCC(=O)Nc3cccc4c3CN(C3CCC(=O)NC3=O)C4)Cc3cccc(N4CCCC4)c3)CC2)nc(N)n1. The molecule has 1 unspecified atom stereocenters. The third-order valence-corrected chi connectivity index (χ3v) is 12.5. The Morgan fingerprint density at radius 1 is 0.881 bits per heavy atom. The Balaban J connectivity index is 0.772. The minimum absolute atomic E-state index is 0.0151. The van der Waals surface area contributed by atoms with Crippen LogP contribution < -0.4 is 26.2 Å². The Hall–Kier alpha value is -4.59. The third-order valence-electron chi connectivity index (χ3n) is 12.5. The Labute approximate surface area is 350 Å². The van der Waals surface area contributed by atoms with Crippen LogP contribution >= 0.6 is 0 Å². The molecule has 1 atom stereocenters. The van der Waals surface area contributed by atoms with Crippen molar-refractivity contribution in [3.05, 3.63) is 70.9 Å². The number of benzene rings is 2. The Morgan fingerprint density at radius 2 is 1.64 bits per heavy atom. The highest BCUT2D eigenvalue weighted by atomic mass is 16.5. The molecule has 5 heterocycles. The van der Waals surface area contributed by atoms with Crippen molar-refractivity contribution >= 4 is 40.9 Å². The zero-order chi connectivity index (χ0) is 41.0. The number of carbonyl (C=O) groups is 3. The van der Waals surface area contributed by atoms with Gasteiger partial charge < -0.3 is 25.6 Å². The quantitative estimate of drug-likeness (QED) is 0.0869. The summed E-state index contributed by atoms with van der Waals surface area (Å²) in [5.74, 6) is 0.876. The summed E-state index contributed by atoms with van der Waals surface area (Å²) in [5, 5.41) is 5.58. The van der Waals surface area contributed by atoms with Gasteiger partial charge in [-0.1, -0.05) is 43.5 Å². The molecule has 3 amide bonds. The average molecular weight is 808 g/mol. The van der Waals surface area contributed by atoms with Crippen molar-refractivity contribution in [2.75, 3.05) is 66.8 Å². The van der Waals surface area contributed by atoms with Crippen LogP contribution in [-0.4, -0.2) is 95.5 Å². The van der Waals surface area contributed by atoms with Crippen molar-refractivity contribution < 1.29 is 19.1 Å². The fourth-order valence-electron chi connectivity index (χ4n) is 9.32. The maximum Gasteiger partial charge on any atom is 0.243 e. The van der Waals surface area contributed by atoms with E-state index in [9.17, 15) is 14.4 Å². The van der Waals surface area contributed by atoms with E-state index in [0.717, 1.165) is 119 Å². The number of imide groups is 1. The molecule has 13 heteroatoms. The van der Waals surface area contributed by atoms with Gasteiger partial charge in [-0.3, -0.25) is 29.5 Å². The normalized spacial score (nSPS) is 18.8. The van der Waals surface area contributed by atoms with E-state index < -0.39 is 0 Å². The number of nitrogens with zero attached hydrogens (tertiary/aromatic N) is 6. The van der Waals surface area contributed by atoms with Crippen molar-refractivity contribution in [1.82, 2.24) is 25.1 Å². The van der Waals surface area contributed by atoms with Gasteiger partial charge in [0.2, 0.25) is 23.7 Å².